The van der Waals surface area contributed by atoms with E-state index in [-0.39, 0.29) is 11.8 Å². The van der Waals surface area contributed by atoms with Gasteiger partial charge in [-0.05, 0) is 66.6 Å². The molecule has 33 heavy (non-hydrogen) atoms. The molecule has 3 aromatic rings. The summed E-state index contributed by atoms with van der Waals surface area (Å²) >= 11 is 12.2. The molecule has 4 nitrogen and oxygen atoms in total. The number of unbranched alkanes of at least 4 members (excludes halogenated alkanes) is 1. The van der Waals surface area contributed by atoms with Crippen LogP contribution in [-0.2, 0) is 0 Å². The van der Waals surface area contributed by atoms with Crippen LogP contribution in [0.3, 0.4) is 0 Å². The molecule has 0 radical (unpaired) electrons. The van der Waals surface area contributed by atoms with E-state index in [1.165, 1.54) is 10.5 Å². The Morgan fingerprint density at radius 3 is 2.15 bits per heavy atom. The van der Waals surface area contributed by atoms with Crippen LogP contribution in [0.2, 0.25) is 10.0 Å². The van der Waals surface area contributed by atoms with Gasteiger partial charge in [0.05, 0.1) is 10.0 Å². The lowest BCUT2D eigenvalue weighted by Gasteiger charge is -2.28. The Labute approximate surface area is 203 Å². The molecule has 5 rings (SSSR count). The fourth-order valence-corrected chi connectivity index (χ4v) is 5.06. The SMILES string of the molecule is O=C1c2cccc3cccc(c23)C(=O)N1CCCCN1CC=C(c2ccc(Cl)c(Cl)c2)CC1. The molecule has 2 amide bonds. The number of benzene rings is 3. The van der Waals surface area contributed by atoms with E-state index in [1.807, 2.05) is 54.6 Å². The average molecular weight is 479 g/mol. The Kier molecular flexibility index (Phi) is 6.24. The van der Waals surface area contributed by atoms with Crippen molar-refractivity contribution in [1.29, 1.82) is 0 Å². The summed E-state index contributed by atoms with van der Waals surface area (Å²) in [6.45, 7) is 3.24. The maximum absolute atomic E-state index is 13.0. The molecule has 0 saturated carbocycles. The van der Waals surface area contributed by atoms with Gasteiger partial charge in [0.2, 0.25) is 0 Å². The third-order valence-corrected chi connectivity index (χ3v) is 7.28. The van der Waals surface area contributed by atoms with Crippen LogP contribution in [0.1, 0.15) is 45.5 Å². The van der Waals surface area contributed by atoms with Crippen molar-refractivity contribution in [1.82, 2.24) is 9.80 Å². The van der Waals surface area contributed by atoms with Gasteiger partial charge in [-0.25, -0.2) is 0 Å². The standard InChI is InChI=1S/C27H24Cl2N2O2/c28-23-10-9-20(17-24(23)29)18-11-15-30(16-12-18)13-1-2-14-31-26(32)21-7-3-5-19-6-4-8-22(25(19)21)27(31)33/h3-11,17H,1-2,12-16H2. The third kappa shape index (κ3) is 4.31. The van der Waals surface area contributed by atoms with E-state index in [9.17, 15) is 9.59 Å². The molecule has 0 N–H and O–H groups in total. The normalized spacial score (nSPS) is 16.4. The summed E-state index contributed by atoms with van der Waals surface area (Å²) in [5, 5.41) is 2.87. The molecule has 0 spiro atoms. The summed E-state index contributed by atoms with van der Waals surface area (Å²) in [5.41, 5.74) is 3.67. The predicted molar refractivity (Wildman–Crippen MR) is 134 cm³/mol. The number of imide groups is 1. The smallest absolute Gasteiger partial charge is 0.261 e. The lowest BCUT2D eigenvalue weighted by atomic mass is 9.94. The zero-order valence-corrected chi connectivity index (χ0v) is 19.7. The van der Waals surface area contributed by atoms with Crippen molar-refractivity contribution >= 4 is 51.4 Å². The molecule has 2 aliphatic heterocycles. The number of rotatable bonds is 6. The number of hydrogen-bond acceptors (Lipinski definition) is 3. The van der Waals surface area contributed by atoms with Gasteiger partial charge in [-0.2, -0.15) is 0 Å². The molecule has 0 unspecified atom stereocenters. The van der Waals surface area contributed by atoms with E-state index < -0.39 is 0 Å². The van der Waals surface area contributed by atoms with Crippen LogP contribution in [0, 0.1) is 0 Å². The number of halogens is 2. The highest BCUT2D eigenvalue weighted by Crippen LogP contribution is 2.31. The van der Waals surface area contributed by atoms with Crippen molar-refractivity contribution in [3.63, 3.8) is 0 Å². The van der Waals surface area contributed by atoms with E-state index in [0.717, 1.165) is 55.2 Å². The van der Waals surface area contributed by atoms with Crippen LogP contribution in [0.5, 0.6) is 0 Å². The fourth-order valence-electron chi connectivity index (χ4n) is 4.76. The average Bonchev–Trinajstić information content (AvgIpc) is 2.84. The molecule has 2 aliphatic rings. The molecule has 0 saturated heterocycles. The first kappa shape index (κ1) is 22.1. The molecule has 0 bridgehead atoms. The molecule has 0 aromatic heterocycles. The molecule has 3 aromatic carbocycles. The van der Waals surface area contributed by atoms with E-state index >= 15 is 0 Å². The van der Waals surface area contributed by atoms with E-state index in [4.69, 9.17) is 23.2 Å². The Morgan fingerprint density at radius 1 is 0.818 bits per heavy atom. The minimum Gasteiger partial charge on any atom is -0.299 e. The topological polar surface area (TPSA) is 40.6 Å². The highest BCUT2D eigenvalue weighted by Gasteiger charge is 2.32. The molecule has 0 fully saturated rings. The molecular formula is C27H24Cl2N2O2. The molecule has 168 valence electrons. The molecule has 0 aliphatic carbocycles. The van der Waals surface area contributed by atoms with Crippen molar-refractivity contribution in [2.75, 3.05) is 26.2 Å². The van der Waals surface area contributed by atoms with Gasteiger partial charge in [-0.1, -0.05) is 59.6 Å². The second-order valence-corrected chi connectivity index (χ2v) is 9.40. The summed E-state index contributed by atoms with van der Waals surface area (Å²) in [6, 6.07) is 17.1. The second kappa shape index (κ2) is 9.30. The van der Waals surface area contributed by atoms with E-state index in [0.29, 0.717) is 27.7 Å². The maximum atomic E-state index is 13.0. The fraction of sp³-hybridized carbons (Fsp3) is 0.259. The lowest BCUT2D eigenvalue weighted by Crippen LogP contribution is -2.41. The van der Waals surface area contributed by atoms with Gasteiger partial charge in [0.25, 0.3) is 11.8 Å². The predicted octanol–water partition coefficient (Wildman–Crippen LogP) is 6.31. The summed E-state index contributed by atoms with van der Waals surface area (Å²) in [7, 11) is 0. The highest BCUT2D eigenvalue weighted by molar-refractivity contribution is 6.42. The van der Waals surface area contributed by atoms with Crippen LogP contribution < -0.4 is 0 Å². The molecule has 0 atom stereocenters. The minimum atomic E-state index is -0.184. The van der Waals surface area contributed by atoms with Crippen molar-refractivity contribution in [2.24, 2.45) is 0 Å². The van der Waals surface area contributed by atoms with Crippen LogP contribution >= 0.6 is 23.2 Å². The Bertz CT molecular complexity index is 1230. The number of nitrogens with zero attached hydrogens (tertiary/aromatic N) is 2. The monoisotopic (exact) mass is 478 g/mol. The second-order valence-electron chi connectivity index (χ2n) is 8.59. The van der Waals surface area contributed by atoms with Crippen molar-refractivity contribution in [3.8, 4) is 0 Å². The quantitative estimate of drug-likeness (QED) is 0.307. The van der Waals surface area contributed by atoms with Gasteiger partial charge < -0.3 is 0 Å². The third-order valence-electron chi connectivity index (χ3n) is 6.55. The Morgan fingerprint density at radius 2 is 1.52 bits per heavy atom. The molecular weight excluding hydrogens is 455 g/mol. The van der Waals surface area contributed by atoms with Crippen LogP contribution in [0.15, 0.2) is 60.7 Å². The van der Waals surface area contributed by atoms with Crippen molar-refractivity contribution in [3.05, 3.63) is 87.4 Å². The van der Waals surface area contributed by atoms with Gasteiger partial charge in [0.15, 0.2) is 0 Å². The number of carbonyl (C=O) groups excluding carboxylic acids is 2. The van der Waals surface area contributed by atoms with Crippen LogP contribution in [-0.4, -0.2) is 47.8 Å². The first-order chi connectivity index (χ1) is 16.0. The first-order valence-electron chi connectivity index (χ1n) is 11.3. The van der Waals surface area contributed by atoms with Crippen LogP contribution in [0.4, 0.5) is 0 Å². The summed E-state index contributed by atoms with van der Waals surface area (Å²) in [5.74, 6) is -0.368. The van der Waals surface area contributed by atoms with Gasteiger partial charge in [-0.15, -0.1) is 0 Å². The molecule has 2 heterocycles. The zero-order chi connectivity index (χ0) is 22.9. The summed E-state index contributed by atoms with van der Waals surface area (Å²) in [6.07, 6.45) is 4.93. The first-order valence-corrected chi connectivity index (χ1v) is 12.0. The number of amides is 2. The summed E-state index contributed by atoms with van der Waals surface area (Å²) in [4.78, 5) is 29.8. The van der Waals surface area contributed by atoms with E-state index in [1.54, 1.807) is 0 Å². The maximum Gasteiger partial charge on any atom is 0.261 e. The van der Waals surface area contributed by atoms with Crippen molar-refractivity contribution in [2.45, 2.75) is 19.3 Å². The van der Waals surface area contributed by atoms with Gasteiger partial charge in [0.1, 0.15) is 0 Å². The number of hydrogen-bond donors (Lipinski definition) is 0. The largest absolute Gasteiger partial charge is 0.299 e. The van der Waals surface area contributed by atoms with E-state index in [2.05, 4.69) is 11.0 Å². The van der Waals surface area contributed by atoms with Gasteiger partial charge >= 0.3 is 0 Å². The van der Waals surface area contributed by atoms with Gasteiger partial charge in [-0.3, -0.25) is 19.4 Å². The Balaban J connectivity index is 1.16. The lowest BCUT2D eigenvalue weighted by molar-refractivity contribution is 0.0606. The minimum absolute atomic E-state index is 0.184. The van der Waals surface area contributed by atoms with Gasteiger partial charge in [0, 0.05) is 36.1 Å². The van der Waals surface area contributed by atoms with Crippen LogP contribution in [0.25, 0.3) is 16.3 Å². The van der Waals surface area contributed by atoms with Crippen molar-refractivity contribution < 1.29 is 9.59 Å². The summed E-state index contributed by atoms with van der Waals surface area (Å²) < 4.78 is 0. The highest BCUT2D eigenvalue weighted by atomic mass is 35.5. The number of carbonyl (C=O) groups is 2. The Hall–Kier alpha value is -2.66. The molecule has 6 heteroatoms. The zero-order valence-electron chi connectivity index (χ0n) is 18.2.